The van der Waals surface area contributed by atoms with Gasteiger partial charge in [0.15, 0.2) is 0 Å². The number of nitrogens with one attached hydrogen (secondary N) is 2. The molecule has 0 bridgehead atoms. The maximum Gasteiger partial charge on any atom is 0.319 e. The Labute approximate surface area is 157 Å². The molecule has 2 aromatic rings. The molecule has 26 heavy (non-hydrogen) atoms. The number of thiazole rings is 1. The van der Waals surface area contributed by atoms with Crippen LogP contribution in [0.4, 0.5) is 10.5 Å². The largest absolute Gasteiger partial charge is 0.339 e. The lowest BCUT2D eigenvalue weighted by atomic mass is 9.98. The molecule has 0 radical (unpaired) electrons. The fourth-order valence-electron chi connectivity index (χ4n) is 2.96. The van der Waals surface area contributed by atoms with Gasteiger partial charge in [-0.1, -0.05) is 13.0 Å². The predicted octanol–water partition coefficient (Wildman–Crippen LogP) is 3.65. The highest BCUT2D eigenvalue weighted by Gasteiger charge is 2.21. The van der Waals surface area contributed by atoms with Crippen LogP contribution in [-0.4, -0.2) is 34.9 Å². The van der Waals surface area contributed by atoms with Crippen LogP contribution < -0.4 is 10.6 Å². The molecule has 0 atom stereocenters. The number of aromatic nitrogens is 1. The van der Waals surface area contributed by atoms with Crippen molar-refractivity contribution in [2.75, 3.05) is 18.4 Å². The van der Waals surface area contributed by atoms with Crippen LogP contribution in [0.15, 0.2) is 29.6 Å². The van der Waals surface area contributed by atoms with Gasteiger partial charge in [0.2, 0.25) is 0 Å². The molecule has 0 aliphatic carbocycles. The lowest BCUT2D eigenvalue weighted by Gasteiger charge is -2.30. The van der Waals surface area contributed by atoms with E-state index in [9.17, 15) is 9.59 Å². The van der Waals surface area contributed by atoms with Crippen LogP contribution in [0.3, 0.4) is 0 Å². The van der Waals surface area contributed by atoms with E-state index in [0.29, 0.717) is 23.7 Å². The molecule has 0 saturated carbocycles. The number of hydrogen-bond donors (Lipinski definition) is 2. The van der Waals surface area contributed by atoms with Crippen molar-refractivity contribution in [1.82, 2.24) is 15.2 Å². The Bertz CT molecular complexity index is 781. The normalized spacial score (nSPS) is 14.9. The quantitative estimate of drug-likeness (QED) is 0.860. The van der Waals surface area contributed by atoms with Gasteiger partial charge in [-0.05, 0) is 43.9 Å². The number of amides is 3. The van der Waals surface area contributed by atoms with Gasteiger partial charge in [-0.15, -0.1) is 11.3 Å². The first-order chi connectivity index (χ1) is 12.5. The zero-order chi connectivity index (χ0) is 18.5. The SMILES string of the molecule is Cc1nc(CNC(=O)Nc2cccc(C(=O)N3CCC(C)CC3)c2)cs1. The average molecular weight is 372 g/mol. The maximum atomic E-state index is 12.6. The Morgan fingerprint density at radius 2 is 2.08 bits per heavy atom. The first-order valence-corrected chi connectivity index (χ1v) is 9.74. The predicted molar refractivity (Wildman–Crippen MR) is 103 cm³/mol. The molecule has 1 aliphatic rings. The van der Waals surface area contributed by atoms with Crippen molar-refractivity contribution in [1.29, 1.82) is 0 Å². The number of urea groups is 1. The van der Waals surface area contributed by atoms with Crippen LogP contribution in [0.5, 0.6) is 0 Å². The number of likely N-dealkylation sites (tertiary alicyclic amines) is 1. The van der Waals surface area contributed by atoms with E-state index in [0.717, 1.165) is 36.6 Å². The smallest absolute Gasteiger partial charge is 0.319 e. The van der Waals surface area contributed by atoms with E-state index in [1.54, 1.807) is 35.6 Å². The van der Waals surface area contributed by atoms with Crippen LogP contribution in [-0.2, 0) is 6.54 Å². The van der Waals surface area contributed by atoms with E-state index in [4.69, 9.17) is 0 Å². The topological polar surface area (TPSA) is 74.3 Å². The Kier molecular flexibility index (Phi) is 5.88. The highest BCUT2D eigenvalue weighted by molar-refractivity contribution is 7.09. The number of hydrogen-bond acceptors (Lipinski definition) is 4. The van der Waals surface area contributed by atoms with Crippen molar-refractivity contribution in [3.63, 3.8) is 0 Å². The molecule has 1 aromatic heterocycles. The van der Waals surface area contributed by atoms with Gasteiger partial charge < -0.3 is 15.5 Å². The first kappa shape index (κ1) is 18.4. The zero-order valence-corrected chi connectivity index (χ0v) is 15.9. The second-order valence-electron chi connectivity index (χ2n) is 6.72. The van der Waals surface area contributed by atoms with E-state index in [1.165, 1.54) is 0 Å². The summed E-state index contributed by atoms with van der Waals surface area (Å²) in [4.78, 5) is 30.9. The summed E-state index contributed by atoms with van der Waals surface area (Å²) in [5.41, 5.74) is 2.05. The van der Waals surface area contributed by atoms with Gasteiger partial charge in [0.25, 0.3) is 5.91 Å². The fourth-order valence-corrected chi connectivity index (χ4v) is 3.57. The van der Waals surface area contributed by atoms with E-state index in [1.807, 2.05) is 17.2 Å². The molecule has 3 amide bonds. The van der Waals surface area contributed by atoms with Gasteiger partial charge in [0, 0.05) is 29.7 Å². The summed E-state index contributed by atoms with van der Waals surface area (Å²) in [6, 6.07) is 6.78. The van der Waals surface area contributed by atoms with Crippen molar-refractivity contribution >= 4 is 29.0 Å². The third kappa shape index (κ3) is 4.82. The molecular formula is C19H24N4O2S. The highest BCUT2D eigenvalue weighted by atomic mass is 32.1. The summed E-state index contributed by atoms with van der Waals surface area (Å²) < 4.78 is 0. The number of anilines is 1. The summed E-state index contributed by atoms with van der Waals surface area (Å²) in [7, 11) is 0. The van der Waals surface area contributed by atoms with Gasteiger partial charge >= 0.3 is 6.03 Å². The standard InChI is InChI=1S/C19H24N4O2S/c1-13-6-8-23(9-7-13)18(24)15-4-3-5-16(10-15)22-19(25)20-11-17-12-26-14(2)21-17/h3-5,10,12-13H,6-9,11H2,1-2H3,(H2,20,22,25). The molecular weight excluding hydrogens is 348 g/mol. The summed E-state index contributed by atoms with van der Waals surface area (Å²) in [6.45, 7) is 6.12. The monoisotopic (exact) mass is 372 g/mol. The average Bonchev–Trinajstić information content (AvgIpc) is 3.06. The molecule has 2 heterocycles. The minimum atomic E-state index is -0.313. The Morgan fingerprint density at radius 3 is 2.77 bits per heavy atom. The number of aryl methyl sites for hydroxylation is 1. The summed E-state index contributed by atoms with van der Waals surface area (Å²) >= 11 is 1.55. The van der Waals surface area contributed by atoms with Gasteiger partial charge in [-0.25, -0.2) is 9.78 Å². The maximum absolute atomic E-state index is 12.6. The lowest BCUT2D eigenvalue weighted by Crippen LogP contribution is -2.37. The Hall–Kier alpha value is -2.41. The van der Waals surface area contributed by atoms with E-state index < -0.39 is 0 Å². The lowest BCUT2D eigenvalue weighted by molar-refractivity contribution is 0.0697. The number of benzene rings is 1. The Morgan fingerprint density at radius 1 is 1.31 bits per heavy atom. The molecule has 2 N–H and O–H groups in total. The number of carbonyl (C=O) groups excluding carboxylic acids is 2. The van der Waals surface area contributed by atoms with E-state index in [2.05, 4.69) is 22.5 Å². The van der Waals surface area contributed by atoms with Gasteiger partial charge in [0.05, 0.1) is 17.2 Å². The van der Waals surface area contributed by atoms with Crippen LogP contribution in [0.1, 0.15) is 40.8 Å². The van der Waals surface area contributed by atoms with Crippen LogP contribution in [0.2, 0.25) is 0 Å². The molecule has 138 valence electrons. The second-order valence-corrected chi connectivity index (χ2v) is 7.78. The van der Waals surface area contributed by atoms with Crippen molar-refractivity contribution in [2.24, 2.45) is 5.92 Å². The van der Waals surface area contributed by atoms with Gasteiger partial charge in [0.1, 0.15) is 0 Å². The number of carbonyl (C=O) groups is 2. The number of rotatable bonds is 4. The molecule has 0 unspecified atom stereocenters. The van der Waals surface area contributed by atoms with E-state index in [-0.39, 0.29) is 11.9 Å². The summed E-state index contributed by atoms with van der Waals surface area (Å²) in [5.74, 6) is 0.705. The molecule has 3 rings (SSSR count). The first-order valence-electron chi connectivity index (χ1n) is 8.86. The molecule has 7 heteroatoms. The van der Waals surface area contributed by atoms with Crippen LogP contribution in [0.25, 0.3) is 0 Å². The molecule has 1 saturated heterocycles. The fraction of sp³-hybridized carbons (Fsp3) is 0.421. The molecule has 0 spiro atoms. The highest BCUT2D eigenvalue weighted by Crippen LogP contribution is 2.19. The van der Waals surface area contributed by atoms with Crippen molar-refractivity contribution in [3.05, 3.63) is 45.9 Å². The number of piperidine rings is 1. The molecule has 1 aliphatic heterocycles. The van der Waals surface area contributed by atoms with Gasteiger partial charge in [-0.3, -0.25) is 4.79 Å². The third-order valence-electron chi connectivity index (χ3n) is 4.53. The van der Waals surface area contributed by atoms with Gasteiger partial charge in [-0.2, -0.15) is 0 Å². The second kappa shape index (κ2) is 8.31. The van der Waals surface area contributed by atoms with Crippen LogP contribution >= 0.6 is 11.3 Å². The molecule has 1 aromatic carbocycles. The van der Waals surface area contributed by atoms with Crippen LogP contribution in [0, 0.1) is 12.8 Å². The van der Waals surface area contributed by atoms with Crippen molar-refractivity contribution < 1.29 is 9.59 Å². The minimum Gasteiger partial charge on any atom is -0.339 e. The summed E-state index contributed by atoms with van der Waals surface area (Å²) in [5, 5.41) is 8.45. The minimum absolute atomic E-state index is 0.0268. The molecule has 1 fully saturated rings. The van der Waals surface area contributed by atoms with E-state index >= 15 is 0 Å². The third-order valence-corrected chi connectivity index (χ3v) is 5.36. The Balaban J connectivity index is 1.56. The van der Waals surface area contributed by atoms with Crippen molar-refractivity contribution in [3.8, 4) is 0 Å². The zero-order valence-electron chi connectivity index (χ0n) is 15.1. The van der Waals surface area contributed by atoms with Crippen molar-refractivity contribution in [2.45, 2.75) is 33.2 Å². The summed E-state index contributed by atoms with van der Waals surface area (Å²) in [6.07, 6.45) is 2.09. The number of nitrogens with zero attached hydrogens (tertiary/aromatic N) is 2. The molecule has 6 nitrogen and oxygen atoms in total.